The minimum absolute atomic E-state index is 0.513. The zero-order chi connectivity index (χ0) is 13.8. The van der Waals surface area contributed by atoms with Crippen molar-refractivity contribution in [3.05, 3.63) is 11.4 Å². The number of hydrazine groups is 1. The van der Waals surface area contributed by atoms with Gasteiger partial charge < -0.3 is 15.1 Å². The number of hydrogen-bond acceptors (Lipinski definition) is 6. The third kappa shape index (κ3) is 3.33. The first-order valence-electron chi connectivity index (χ1n) is 6.72. The number of rotatable bonds is 7. The lowest BCUT2D eigenvalue weighted by atomic mass is 10.2. The predicted octanol–water partition coefficient (Wildman–Crippen LogP) is 1.42. The van der Waals surface area contributed by atoms with E-state index in [0.717, 1.165) is 42.6 Å². The molecular weight excluding hydrogens is 242 g/mol. The standard InChI is InChI=1S/C13H23N5O/c1-9-11(17-14)15-12(10-5-6-10)16-13(9)18(2)7-4-8-19-3/h10H,4-8,14H2,1-3H3,(H,15,16,17). The van der Waals surface area contributed by atoms with Crippen molar-refractivity contribution in [2.24, 2.45) is 5.84 Å². The minimum Gasteiger partial charge on any atom is -0.385 e. The quantitative estimate of drug-likeness (QED) is 0.441. The lowest BCUT2D eigenvalue weighted by Gasteiger charge is -2.22. The summed E-state index contributed by atoms with van der Waals surface area (Å²) in [6.07, 6.45) is 3.33. The monoisotopic (exact) mass is 265 g/mol. The Labute approximate surface area is 114 Å². The van der Waals surface area contributed by atoms with Crippen molar-refractivity contribution in [2.75, 3.05) is 37.6 Å². The largest absolute Gasteiger partial charge is 0.385 e. The van der Waals surface area contributed by atoms with Gasteiger partial charge in [0.2, 0.25) is 0 Å². The number of aromatic nitrogens is 2. The first kappa shape index (κ1) is 14.0. The van der Waals surface area contributed by atoms with Gasteiger partial charge in [0.25, 0.3) is 0 Å². The lowest BCUT2D eigenvalue weighted by Crippen LogP contribution is -2.24. The highest BCUT2D eigenvalue weighted by molar-refractivity contribution is 5.58. The van der Waals surface area contributed by atoms with Crippen molar-refractivity contribution >= 4 is 11.6 Å². The Morgan fingerprint density at radius 3 is 2.74 bits per heavy atom. The summed E-state index contributed by atoms with van der Waals surface area (Å²) >= 11 is 0. The number of nitrogen functional groups attached to an aromatic ring is 1. The first-order valence-corrected chi connectivity index (χ1v) is 6.72. The minimum atomic E-state index is 0.513. The zero-order valence-electron chi connectivity index (χ0n) is 11.9. The molecule has 1 heterocycles. The van der Waals surface area contributed by atoms with Crippen molar-refractivity contribution in [1.82, 2.24) is 9.97 Å². The van der Waals surface area contributed by atoms with E-state index in [4.69, 9.17) is 15.6 Å². The summed E-state index contributed by atoms with van der Waals surface area (Å²) in [6.45, 7) is 3.65. The maximum atomic E-state index is 5.55. The van der Waals surface area contributed by atoms with Crippen molar-refractivity contribution in [1.29, 1.82) is 0 Å². The van der Waals surface area contributed by atoms with Crippen LogP contribution in [0.4, 0.5) is 11.6 Å². The Hall–Kier alpha value is -1.40. The molecule has 106 valence electrons. The van der Waals surface area contributed by atoms with Crippen LogP contribution in [0.15, 0.2) is 0 Å². The number of methoxy groups -OCH3 is 1. The Balaban J connectivity index is 2.19. The molecule has 1 aromatic heterocycles. The smallest absolute Gasteiger partial charge is 0.148 e. The average molecular weight is 265 g/mol. The normalized spacial score (nSPS) is 14.5. The first-order chi connectivity index (χ1) is 9.17. The van der Waals surface area contributed by atoms with Crippen LogP contribution in [0.5, 0.6) is 0 Å². The second kappa shape index (κ2) is 6.16. The van der Waals surface area contributed by atoms with Crippen LogP contribution in [0.1, 0.15) is 36.6 Å². The SMILES string of the molecule is COCCCN(C)c1nc(C2CC2)nc(NN)c1C. The van der Waals surface area contributed by atoms with Crippen LogP contribution in [0.3, 0.4) is 0 Å². The molecule has 2 rings (SSSR count). The Bertz CT molecular complexity index is 433. The highest BCUT2D eigenvalue weighted by Crippen LogP contribution is 2.39. The van der Waals surface area contributed by atoms with E-state index in [1.54, 1.807) is 7.11 Å². The fraction of sp³-hybridized carbons (Fsp3) is 0.692. The molecule has 0 unspecified atom stereocenters. The van der Waals surface area contributed by atoms with Gasteiger partial charge in [-0.2, -0.15) is 0 Å². The highest BCUT2D eigenvalue weighted by atomic mass is 16.5. The molecule has 3 N–H and O–H groups in total. The van der Waals surface area contributed by atoms with Gasteiger partial charge in [-0.3, -0.25) is 0 Å². The molecule has 0 aliphatic heterocycles. The van der Waals surface area contributed by atoms with Gasteiger partial charge in [-0.25, -0.2) is 15.8 Å². The van der Waals surface area contributed by atoms with Gasteiger partial charge in [-0.1, -0.05) is 0 Å². The van der Waals surface area contributed by atoms with E-state index in [0.29, 0.717) is 5.92 Å². The maximum absolute atomic E-state index is 5.55. The van der Waals surface area contributed by atoms with Gasteiger partial charge in [-0.05, 0) is 26.2 Å². The van der Waals surface area contributed by atoms with Gasteiger partial charge >= 0.3 is 0 Å². The Morgan fingerprint density at radius 1 is 1.42 bits per heavy atom. The van der Waals surface area contributed by atoms with E-state index in [1.807, 2.05) is 14.0 Å². The molecule has 1 aromatic rings. The molecule has 0 aromatic carbocycles. The summed E-state index contributed by atoms with van der Waals surface area (Å²) in [7, 11) is 3.76. The van der Waals surface area contributed by atoms with Crippen LogP contribution in [0.25, 0.3) is 0 Å². The number of nitrogens with two attached hydrogens (primary N) is 1. The van der Waals surface area contributed by atoms with E-state index in [2.05, 4.69) is 15.3 Å². The van der Waals surface area contributed by atoms with Gasteiger partial charge in [0, 0.05) is 38.8 Å². The van der Waals surface area contributed by atoms with Crippen LogP contribution in [-0.2, 0) is 4.74 Å². The third-order valence-electron chi connectivity index (χ3n) is 3.42. The molecule has 0 spiro atoms. The van der Waals surface area contributed by atoms with Crippen LogP contribution >= 0.6 is 0 Å². The van der Waals surface area contributed by atoms with Crippen LogP contribution in [-0.4, -0.2) is 37.3 Å². The van der Waals surface area contributed by atoms with Crippen LogP contribution in [0.2, 0.25) is 0 Å². The number of nitrogens with zero attached hydrogens (tertiary/aromatic N) is 3. The number of hydrogen-bond donors (Lipinski definition) is 2. The fourth-order valence-electron chi connectivity index (χ4n) is 2.11. The molecule has 0 amide bonds. The molecule has 6 nitrogen and oxygen atoms in total. The van der Waals surface area contributed by atoms with E-state index in [9.17, 15) is 0 Å². The fourth-order valence-corrected chi connectivity index (χ4v) is 2.11. The molecule has 19 heavy (non-hydrogen) atoms. The molecule has 1 aliphatic carbocycles. The van der Waals surface area contributed by atoms with Gasteiger partial charge in [0.1, 0.15) is 17.5 Å². The average Bonchev–Trinajstić information content (AvgIpc) is 3.23. The van der Waals surface area contributed by atoms with Crippen molar-refractivity contribution in [3.8, 4) is 0 Å². The predicted molar refractivity (Wildman–Crippen MR) is 76.3 cm³/mol. The van der Waals surface area contributed by atoms with E-state index >= 15 is 0 Å². The Morgan fingerprint density at radius 2 is 2.16 bits per heavy atom. The number of ether oxygens (including phenoxy) is 1. The molecular formula is C13H23N5O. The summed E-state index contributed by atoms with van der Waals surface area (Å²) < 4.78 is 5.08. The molecule has 1 fully saturated rings. The summed E-state index contributed by atoms with van der Waals surface area (Å²) in [5, 5.41) is 0. The second-order valence-corrected chi connectivity index (χ2v) is 5.07. The summed E-state index contributed by atoms with van der Waals surface area (Å²) in [5.74, 6) is 8.66. The number of nitrogens with one attached hydrogen (secondary N) is 1. The zero-order valence-corrected chi connectivity index (χ0v) is 11.9. The van der Waals surface area contributed by atoms with Crippen molar-refractivity contribution in [2.45, 2.75) is 32.1 Å². The Kier molecular flexibility index (Phi) is 4.55. The van der Waals surface area contributed by atoms with E-state index in [1.165, 1.54) is 12.8 Å². The molecule has 6 heteroatoms. The number of anilines is 2. The molecule has 0 radical (unpaired) electrons. The van der Waals surface area contributed by atoms with Crippen molar-refractivity contribution in [3.63, 3.8) is 0 Å². The van der Waals surface area contributed by atoms with Crippen LogP contribution < -0.4 is 16.2 Å². The lowest BCUT2D eigenvalue weighted by molar-refractivity contribution is 0.196. The summed E-state index contributed by atoms with van der Waals surface area (Å²) in [4.78, 5) is 11.3. The van der Waals surface area contributed by atoms with Gasteiger partial charge in [0.15, 0.2) is 0 Å². The maximum Gasteiger partial charge on any atom is 0.148 e. The highest BCUT2D eigenvalue weighted by Gasteiger charge is 2.28. The van der Waals surface area contributed by atoms with E-state index in [-0.39, 0.29) is 0 Å². The van der Waals surface area contributed by atoms with Gasteiger partial charge in [-0.15, -0.1) is 0 Å². The molecule has 0 bridgehead atoms. The van der Waals surface area contributed by atoms with Crippen molar-refractivity contribution < 1.29 is 4.74 Å². The molecule has 1 aliphatic rings. The second-order valence-electron chi connectivity index (χ2n) is 5.07. The molecule has 0 saturated heterocycles. The molecule has 0 atom stereocenters. The molecule has 1 saturated carbocycles. The third-order valence-corrected chi connectivity index (χ3v) is 3.42. The van der Waals surface area contributed by atoms with E-state index < -0.39 is 0 Å². The summed E-state index contributed by atoms with van der Waals surface area (Å²) in [6, 6.07) is 0. The van der Waals surface area contributed by atoms with Gasteiger partial charge in [0.05, 0.1) is 0 Å². The van der Waals surface area contributed by atoms with Crippen LogP contribution in [0, 0.1) is 6.92 Å². The topological polar surface area (TPSA) is 76.3 Å². The summed E-state index contributed by atoms with van der Waals surface area (Å²) in [5.41, 5.74) is 3.67.